The van der Waals surface area contributed by atoms with Gasteiger partial charge in [0.25, 0.3) is 0 Å². The Morgan fingerprint density at radius 3 is 1.41 bits per heavy atom. The van der Waals surface area contributed by atoms with Crippen LogP contribution in [0.25, 0.3) is 11.3 Å². The number of carbonyl (C=O) groups is 2. The molecule has 2 aliphatic rings. The predicted molar refractivity (Wildman–Crippen MR) is 328 cm³/mol. The zero-order valence-corrected chi connectivity index (χ0v) is 53.3. The minimum absolute atomic E-state index is 0.360. The van der Waals surface area contributed by atoms with E-state index in [0.717, 1.165) is 69.6 Å². The van der Waals surface area contributed by atoms with Gasteiger partial charge in [0, 0.05) is 67.7 Å². The fourth-order valence-corrected chi connectivity index (χ4v) is 8.42. The summed E-state index contributed by atoms with van der Waals surface area (Å²) in [6.07, 6.45) is 13.8. The summed E-state index contributed by atoms with van der Waals surface area (Å²) in [7, 11) is 2.77. The lowest BCUT2D eigenvalue weighted by atomic mass is 9.49. The number of alkyl carbamates (subject to hydrolysis) is 2. The summed E-state index contributed by atoms with van der Waals surface area (Å²) in [4.78, 5) is 40.9. The molecule has 8 rings (SSSR count). The fraction of sp³-hybridized carbons (Fsp3) is 0.525. The smallest absolute Gasteiger partial charge is 0.444 e. The Morgan fingerprint density at radius 2 is 1.01 bits per heavy atom. The SMILES string of the molecule is CC1(C)OB(B2OC(C)(C)C(C)(C)O2)OC1(C)C.CCCc1cc(-c2ccnc(Nc3cnn(C)c3)n2)ccc1CNC(=O)OC(C)(C)C.CCCc1cc(Br)ccc1CNC(=O)OC(C)(C)C.Cc1ccnc(Nc2cnn(C)c2)n1. The summed E-state index contributed by atoms with van der Waals surface area (Å²) in [6.45, 7) is 34.5. The Hall–Kier alpha value is -6.39. The van der Waals surface area contributed by atoms with Gasteiger partial charge in [-0.05, 0) is 169 Å². The molecule has 0 saturated carbocycles. The molecule has 0 aliphatic carbocycles. The first-order chi connectivity index (χ1) is 38.2. The Morgan fingerprint density at radius 1 is 0.598 bits per heavy atom. The molecule has 6 heterocycles. The lowest BCUT2D eigenvalue weighted by Gasteiger charge is -2.32. The summed E-state index contributed by atoms with van der Waals surface area (Å²) < 4.78 is 38.9. The molecule has 0 atom stereocenters. The molecule has 2 fully saturated rings. The van der Waals surface area contributed by atoms with Gasteiger partial charge in [0.1, 0.15) is 11.2 Å². The number of nitrogens with zero attached hydrogens (tertiary/aromatic N) is 8. The Labute approximate surface area is 495 Å². The molecule has 0 bridgehead atoms. The maximum absolute atomic E-state index is 12.0. The van der Waals surface area contributed by atoms with E-state index in [-0.39, 0.29) is 28.5 Å². The zero-order chi connectivity index (χ0) is 60.8. The van der Waals surface area contributed by atoms with E-state index < -0.39 is 31.3 Å². The molecule has 0 spiro atoms. The average molecular weight is 1190 g/mol. The fourth-order valence-electron chi connectivity index (χ4n) is 8.01. The van der Waals surface area contributed by atoms with E-state index in [9.17, 15) is 9.59 Å². The summed E-state index contributed by atoms with van der Waals surface area (Å²) in [5.41, 5.74) is 6.70. The van der Waals surface area contributed by atoms with Crippen LogP contribution in [0.3, 0.4) is 0 Å². The molecule has 2 aliphatic heterocycles. The average Bonchev–Trinajstić information content (AvgIpc) is 4.20. The second-order valence-electron chi connectivity index (χ2n) is 24.2. The van der Waals surface area contributed by atoms with Gasteiger partial charge in [0.15, 0.2) is 0 Å². The van der Waals surface area contributed by atoms with Crippen LogP contribution >= 0.6 is 15.9 Å². The topological polar surface area (TPSA) is 225 Å². The van der Waals surface area contributed by atoms with Crippen molar-refractivity contribution in [3.05, 3.63) is 118 Å². The Kier molecular flexibility index (Phi) is 22.9. The zero-order valence-electron chi connectivity index (χ0n) is 51.7. The molecule has 6 aromatic rings. The number of ether oxygens (including phenoxy) is 2. The minimum atomic E-state index is -0.519. The van der Waals surface area contributed by atoms with Crippen molar-refractivity contribution in [1.29, 1.82) is 0 Å². The van der Waals surface area contributed by atoms with Gasteiger partial charge in [-0.1, -0.05) is 60.8 Å². The first-order valence-electron chi connectivity index (χ1n) is 27.9. The molecule has 23 heteroatoms. The Balaban J connectivity index is 0.000000210. The van der Waals surface area contributed by atoms with E-state index in [4.69, 9.17) is 28.1 Å². The van der Waals surface area contributed by atoms with Crippen LogP contribution in [-0.4, -0.2) is 99.3 Å². The van der Waals surface area contributed by atoms with Crippen LogP contribution in [0, 0.1) is 6.92 Å². The maximum Gasteiger partial charge on any atom is 0.488 e. The van der Waals surface area contributed by atoms with E-state index >= 15 is 0 Å². The van der Waals surface area contributed by atoms with Crippen LogP contribution in [0.1, 0.15) is 152 Å². The largest absolute Gasteiger partial charge is 0.488 e. The van der Waals surface area contributed by atoms with E-state index in [1.54, 1.807) is 34.2 Å². The summed E-state index contributed by atoms with van der Waals surface area (Å²) in [6, 6.07) is 16.1. The van der Waals surface area contributed by atoms with Gasteiger partial charge < -0.3 is 49.4 Å². The number of carbonyl (C=O) groups excluding carboxylic acids is 2. The number of aryl methyl sites for hydroxylation is 5. The van der Waals surface area contributed by atoms with Crippen LogP contribution < -0.4 is 21.3 Å². The standard InChI is InChI=1S/C23H30N6O2.C15H22BrNO2.C12H24B2O4.C9H11N5/c1-6-7-16-12-17(8-9-18(16)13-25-22(30)31-23(2,3)4)20-10-11-24-21(28-20)27-19-14-26-29(5)15-19;1-5-6-11-9-13(16)8-7-12(11)10-17-14(18)19-15(2,3)4;1-9(2)10(3,4)16-13(15-9)14-17-11(5,6)12(7,8)18-14;1-7-3-4-10-9(12-7)13-8-5-11-14(2)6-8/h8-12,14-15H,6-7,13H2,1-5H3,(H,25,30)(H,24,27,28);7-9H,5-6,10H2,1-4H3,(H,17,18);1-8H3;3-6H,1-2H3,(H,10,12,13). The molecule has 4 N–H and O–H groups in total. The third-order valence-electron chi connectivity index (χ3n) is 13.5. The van der Waals surface area contributed by atoms with Crippen molar-refractivity contribution in [2.75, 3.05) is 10.6 Å². The third kappa shape index (κ3) is 20.5. The molecule has 444 valence electrons. The first kappa shape index (κ1) is 66.4. The van der Waals surface area contributed by atoms with Crippen LogP contribution in [0.2, 0.25) is 0 Å². The van der Waals surface area contributed by atoms with Crippen LogP contribution in [-0.2, 0) is 68.1 Å². The second kappa shape index (κ2) is 28.3. The highest BCUT2D eigenvalue weighted by Gasteiger charge is 2.63. The van der Waals surface area contributed by atoms with Gasteiger partial charge in [0.2, 0.25) is 11.9 Å². The molecular weight excluding hydrogens is 1110 g/mol. The van der Waals surface area contributed by atoms with Crippen molar-refractivity contribution >= 4 is 65.4 Å². The van der Waals surface area contributed by atoms with Crippen molar-refractivity contribution in [2.24, 2.45) is 14.1 Å². The number of benzene rings is 2. The highest BCUT2D eigenvalue weighted by atomic mass is 79.9. The van der Waals surface area contributed by atoms with E-state index in [0.29, 0.717) is 25.0 Å². The quantitative estimate of drug-likeness (QED) is 0.0744. The number of nitrogens with one attached hydrogen (secondary N) is 4. The van der Waals surface area contributed by atoms with Crippen molar-refractivity contribution < 1.29 is 37.7 Å². The van der Waals surface area contributed by atoms with Crippen molar-refractivity contribution in [3.63, 3.8) is 0 Å². The Bertz CT molecular complexity index is 2980. The van der Waals surface area contributed by atoms with Crippen LogP contribution in [0.5, 0.6) is 0 Å². The van der Waals surface area contributed by atoms with Gasteiger partial charge >= 0.3 is 26.2 Å². The normalized spacial score (nSPS) is 15.6. The van der Waals surface area contributed by atoms with Gasteiger partial charge in [-0.3, -0.25) is 9.36 Å². The molecule has 20 nitrogen and oxygen atoms in total. The van der Waals surface area contributed by atoms with E-state index in [1.165, 1.54) is 11.1 Å². The summed E-state index contributed by atoms with van der Waals surface area (Å²) >= 11 is 3.47. The van der Waals surface area contributed by atoms with Crippen LogP contribution in [0.4, 0.5) is 32.9 Å². The molecule has 0 unspecified atom stereocenters. The first-order valence-corrected chi connectivity index (χ1v) is 28.6. The molecule has 2 aromatic carbocycles. The summed E-state index contributed by atoms with van der Waals surface area (Å²) in [5.74, 6) is 1.11. The number of aromatic nitrogens is 8. The molecular formula is C59H87B2BrN12O8. The lowest BCUT2D eigenvalue weighted by Crippen LogP contribution is -2.41. The number of amides is 2. The molecule has 2 saturated heterocycles. The van der Waals surface area contributed by atoms with Crippen LogP contribution in [0.15, 0.2) is 90.2 Å². The molecule has 4 aromatic heterocycles. The summed E-state index contributed by atoms with van der Waals surface area (Å²) in [5, 5.41) is 20.1. The monoisotopic (exact) mass is 1190 g/mol. The maximum atomic E-state index is 12.0. The van der Waals surface area contributed by atoms with Gasteiger partial charge in [0.05, 0.1) is 51.9 Å². The number of halogens is 1. The number of anilines is 4. The predicted octanol–water partition coefficient (Wildman–Crippen LogP) is 12.5. The van der Waals surface area contributed by atoms with Gasteiger partial charge in [-0.25, -0.2) is 29.5 Å². The van der Waals surface area contributed by atoms with E-state index in [2.05, 4.69) is 93.3 Å². The number of hydrogen-bond donors (Lipinski definition) is 4. The second-order valence-corrected chi connectivity index (χ2v) is 25.1. The number of hydrogen-bond acceptors (Lipinski definition) is 16. The van der Waals surface area contributed by atoms with Gasteiger partial charge in [-0.2, -0.15) is 10.2 Å². The van der Waals surface area contributed by atoms with Gasteiger partial charge in [-0.15, -0.1) is 0 Å². The molecule has 82 heavy (non-hydrogen) atoms. The number of rotatable bonds is 14. The highest BCUT2D eigenvalue weighted by molar-refractivity contribution is 9.10. The van der Waals surface area contributed by atoms with Crippen molar-refractivity contribution in [1.82, 2.24) is 50.1 Å². The lowest BCUT2D eigenvalue weighted by molar-refractivity contribution is 0.00578. The van der Waals surface area contributed by atoms with Crippen molar-refractivity contribution in [2.45, 2.75) is 190 Å². The molecule has 2 amide bonds. The minimum Gasteiger partial charge on any atom is -0.444 e. The third-order valence-corrected chi connectivity index (χ3v) is 14.0. The van der Waals surface area contributed by atoms with Crippen molar-refractivity contribution in [3.8, 4) is 11.3 Å². The highest BCUT2D eigenvalue weighted by Crippen LogP contribution is 2.43. The molecule has 0 radical (unpaired) electrons. The van der Waals surface area contributed by atoms with E-state index in [1.807, 2.05) is 167 Å².